The van der Waals surface area contributed by atoms with Gasteiger partial charge in [-0.1, -0.05) is 17.7 Å². The number of nitrogens with zero attached hydrogens (tertiary/aromatic N) is 1. The van der Waals surface area contributed by atoms with E-state index in [1.54, 1.807) is 6.07 Å². The van der Waals surface area contributed by atoms with E-state index in [9.17, 15) is 9.59 Å². The third-order valence-electron chi connectivity index (χ3n) is 2.50. The molecule has 0 bridgehead atoms. The van der Waals surface area contributed by atoms with E-state index in [0.717, 1.165) is 11.1 Å². The molecular formula is C13H17NO4. The molecule has 5 nitrogen and oxygen atoms in total. The number of ether oxygens (including phenoxy) is 1. The molecule has 0 spiro atoms. The van der Waals surface area contributed by atoms with Crippen molar-refractivity contribution < 1.29 is 19.4 Å². The van der Waals surface area contributed by atoms with E-state index < -0.39 is 12.1 Å². The highest BCUT2D eigenvalue weighted by molar-refractivity contribution is 5.72. The molecule has 0 aromatic heterocycles. The minimum absolute atomic E-state index is 0.0987. The average Bonchev–Trinajstić information content (AvgIpc) is 2.29. The van der Waals surface area contributed by atoms with Crippen LogP contribution in [0.4, 0.5) is 4.79 Å². The smallest absolute Gasteiger partial charge is 0.414 e. The summed E-state index contributed by atoms with van der Waals surface area (Å²) in [5, 5.41) is 8.53. The van der Waals surface area contributed by atoms with E-state index in [4.69, 9.17) is 9.84 Å². The lowest BCUT2D eigenvalue weighted by Gasteiger charge is -2.16. The summed E-state index contributed by atoms with van der Waals surface area (Å²) in [5.74, 6) is -0.450. The molecule has 98 valence electrons. The molecule has 1 rings (SSSR count). The lowest BCUT2D eigenvalue weighted by Crippen LogP contribution is -2.31. The Morgan fingerprint density at radius 3 is 2.56 bits per heavy atom. The molecule has 18 heavy (non-hydrogen) atoms. The first kappa shape index (κ1) is 14.0. The summed E-state index contributed by atoms with van der Waals surface area (Å²) >= 11 is 0. The van der Waals surface area contributed by atoms with Crippen molar-refractivity contribution >= 4 is 12.1 Å². The number of hydrogen-bond donors (Lipinski definition) is 1. The fraction of sp³-hybridized carbons (Fsp3) is 0.385. The van der Waals surface area contributed by atoms with Gasteiger partial charge in [0.1, 0.15) is 5.75 Å². The molecule has 0 heterocycles. The van der Waals surface area contributed by atoms with Gasteiger partial charge in [-0.2, -0.15) is 0 Å². The fourth-order valence-corrected chi connectivity index (χ4v) is 1.44. The molecule has 1 amide bonds. The minimum Gasteiger partial charge on any atom is -0.481 e. The summed E-state index contributed by atoms with van der Waals surface area (Å²) in [5.41, 5.74) is 1.96. The SMILES string of the molecule is Cc1ccc(OC(=O)N(C)CCC(=O)O)c(C)c1. The molecule has 1 aromatic carbocycles. The van der Waals surface area contributed by atoms with Gasteiger partial charge in [0.2, 0.25) is 0 Å². The highest BCUT2D eigenvalue weighted by Crippen LogP contribution is 2.19. The lowest BCUT2D eigenvalue weighted by atomic mass is 10.1. The molecule has 5 heteroatoms. The fourth-order valence-electron chi connectivity index (χ4n) is 1.44. The number of carboxylic acid groups (broad SMARTS) is 1. The number of hydrogen-bond acceptors (Lipinski definition) is 3. The topological polar surface area (TPSA) is 66.8 Å². The zero-order valence-electron chi connectivity index (χ0n) is 10.8. The first-order valence-corrected chi connectivity index (χ1v) is 5.62. The predicted molar refractivity (Wildman–Crippen MR) is 66.8 cm³/mol. The van der Waals surface area contributed by atoms with Crippen LogP contribution in [-0.4, -0.2) is 35.7 Å². The Kier molecular flexibility index (Phi) is 4.71. The van der Waals surface area contributed by atoms with Crippen molar-refractivity contribution in [2.24, 2.45) is 0 Å². The highest BCUT2D eigenvalue weighted by atomic mass is 16.6. The molecule has 0 aliphatic carbocycles. The zero-order chi connectivity index (χ0) is 13.7. The molecule has 0 radical (unpaired) electrons. The number of benzene rings is 1. The van der Waals surface area contributed by atoms with E-state index in [-0.39, 0.29) is 13.0 Å². The molecule has 0 saturated heterocycles. The largest absolute Gasteiger partial charge is 0.481 e. The minimum atomic E-state index is -0.943. The van der Waals surface area contributed by atoms with E-state index in [2.05, 4.69) is 0 Å². The second-order valence-electron chi connectivity index (χ2n) is 4.20. The summed E-state index contributed by atoms with van der Waals surface area (Å²) in [6.07, 6.45) is -0.651. The van der Waals surface area contributed by atoms with Crippen molar-refractivity contribution in [1.29, 1.82) is 0 Å². The lowest BCUT2D eigenvalue weighted by molar-refractivity contribution is -0.137. The maximum atomic E-state index is 11.7. The number of carbonyl (C=O) groups is 2. The molecule has 0 fully saturated rings. The van der Waals surface area contributed by atoms with E-state index in [1.165, 1.54) is 11.9 Å². The number of aryl methyl sites for hydroxylation is 2. The van der Waals surface area contributed by atoms with Crippen LogP contribution < -0.4 is 4.74 Å². The Hall–Kier alpha value is -2.04. The number of rotatable bonds is 4. The van der Waals surface area contributed by atoms with Crippen molar-refractivity contribution in [2.45, 2.75) is 20.3 Å². The van der Waals surface area contributed by atoms with Crippen LogP contribution in [0, 0.1) is 13.8 Å². The van der Waals surface area contributed by atoms with Crippen LogP contribution in [-0.2, 0) is 4.79 Å². The predicted octanol–water partition coefficient (Wildman–Crippen LogP) is 2.21. The highest BCUT2D eigenvalue weighted by Gasteiger charge is 2.13. The van der Waals surface area contributed by atoms with Gasteiger partial charge in [-0.15, -0.1) is 0 Å². The Balaban J connectivity index is 2.61. The number of carbonyl (C=O) groups excluding carboxylic acids is 1. The Labute approximate surface area is 106 Å². The maximum Gasteiger partial charge on any atom is 0.414 e. The summed E-state index contributed by atoms with van der Waals surface area (Å²) in [6.45, 7) is 3.93. The van der Waals surface area contributed by atoms with Crippen LogP contribution in [0.15, 0.2) is 18.2 Å². The standard InChI is InChI=1S/C13H17NO4/c1-9-4-5-11(10(2)8-9)18-13(17)14(3)7-6-12(15)16/h4-5,8H,6-7H2,1-3H3,(H,15,16). The van der Waals surface area contributed by atoms with Gasteiger partial charge in [-0.3, -0.25) is 4.79 Å². The van der Waals surface area contributed by atoms with Crippen LogP contribution in [0.5, 0.6) is 5.75 Å². The van der Waals surface area contributed by atoms with Gasteiger partial charge in [0.15, 0.2) is 0 Å². The second kappa shape index (κ2) is 6.05. The third kappa shape index (κ3) is 4.08. The third-order valence-corrected chi connectivity index (χ3v) is 2.50. The molecule has 0 atom stereocenters. The van der Waals surface area contributed by atoms with E-state index >= 15 is 0 Å². The van der Waals surface area contributed by atoms with Crippen molar-refractivity contribution in [3.63, 3.8) is 0 Å². The Morgan fingerprint density at radius 2 is 2.00 bits per heavy atom. The van der Waals surface area contributed by atoms with Crippen molar-refractivity contribution in [3.05, 3.63) is 29.3 Å². The molecule has 1 aromatic rings. The van der Waals surface area contributed by atoms with Gasteiger partial charge >= 0.3 is 12.1 Å². The normalized spacial score (nSPS) is 9.94. The summed E-state index contributed by atoms with van der Waals surface area (Å²) < 4.78 is 5.19. The summed E-state index contributed by atoms with van der Waals surface area (Å²) in [4.78, 5) is 23.3. The first-order valence-electron chi connectivity index (χ1n) is 5.62. The maximum absolute atomic E-state index is 11.7. The summed E-state index contributed by atoms with van der Waals surface area (Å²) in [6, 6.07) is 5.50. The van der Waals surface area contributed by atoms with Gasteiger partial charge in [-0.25, -0.2) is 4.79 Å². The quantitative estimate of drug-likeness (QED) is 0.890. The Morgan fingerprint density at radius 1 is 1.33 bits per heavy atom. The number of carboxylic acids is 1. The second-order valence-corrected chi connectivity index (χ2v) is 4.20. The molecule has 0 unspecified atom stereocenters. The van der Waals surface area contributed by atoms with Crippen molar-refractivity contribution in [1.82, 2.24) is 4.90 Å². The summed E-state index contributed by atoms with van der Waals surface area (Å²) in [7, 11) is 1.51. The van der Waals surface area contributed by atoms with Gasteiger partial charge in [0, 0.05) is 13.6 Å². The van der Waals surface area contributed by atoms with E-state index in [0.29, 0.717) is 5.75 Å². The average molecular weight is 251 g/mol. The molecule has 0 aliphatic heterocycles. The first-order chi connectivity index (χ1) is 8.40. The van der Waals surface area contributed by atoms with Crippen LogP contribution >= 0.6 is 0 Å². The molecule has 0 saturated carbocycles. The van der Waals surface area contributed by atoms with Crippen LogP contribution in [0.2, 0.25) is 0 Å². The number of amides is 1. The van der Waals surface area contributed by atoms with Crippen LogP contribution in [0.3, 0.4) is 0 Å². The van der Waals surface area contributed by atoms with Crippen molar-refractivity contribution in [2.75, 3.05) is 13.6 Å². The number of aliphatic carboxylic acids is 1. The Bertz CT molecular complexity index is 456. The monoisotopic (exact) mass is 251 g/mol. The van der Waals surface area contributed by atoms with E-state index in [1.807, 2.05) is 26.0 Å². The van der Waals surface area contributed by atoms with Gasteiger partial charge in [0.05, 0.1) is 6.42 Å². The van der Waals surface area contributed by atoms with Crippen LogP contribution in [0.1, 0.15) is 17.5 Å². The molecule has 0 aliphatic rings. The van der Waals surface area contributed by atoms with Gasteiger partial charge in [0.25, 0.3) is 0 Å². The van der Waals surface area contributed by atoms with Gasteiger partial charge < -0.3 is 14.7 Å². The molecular weight excluding hydrogens is 234 g/mol. The van der Waals surface area contributed by atoms with Crippen LogP contribution in [0.25, 0.3) is 0 Å². The van der Waals surface area contributed by atoms with Gasteiger partial charge in [-0.05, 0) is 25.5 Å². The zero-order valence-corrected chi connectivity index (χ0v) is 10.8. The molecule has 1 N–H and O–H groups in total. The van der Waals surface area contributed by atoms with Crippen molar-refractivity contribution in [3.8, 4) is 5.75 Å².